The van der Waals surface area contributed by atoms with Crippen molar-refractivity contribution >= 4 is 40.2 Å². The van der Waals surface area contributed by atoms with Gasteiger partial charge in [-0.15, -0.1) is 0 Å². The summed E-state index contributed by atoms with van der Waals surface area (Å²) in [7, 11) is 0. The molecule has 0 unspecified atom stereocenters. The molecule has 2 nitrogen and oxygen atoms in total. The van der Waals surface area contributed by atoms with Crippen LogP contribution < -0.4 is 26.0 Å². The van der Waals surface area contributed by atoms with Crippen molar-refractivity contribution in [2.75, 3.05) is 4.90 Å². The maximum Gasteiger partial charge on any atom is 0.256 e. The number of benzene rings is 7. The molecule has 7 aromatic carbocycles. The number of hydrogen-bond acceptors (Lipinski definition) is 2. The Morgan fingerprint density at radius 1 is 0.400 bits per heavy atom. The summed E-state index contributed by atoms with van der Waals surface area (Å²) in [6.45, 7) is 0.0567. The second-order valence-electron chi connectivity index (χ2n) is 11.7. The lowest BCUT2D eigenvalue weighted by Gasteiger charge is -2.41. The van der Waals surface area contributed by atoms with E-state index in [9.17, 15) is 0 Å². The van der Waals surface area contributed by atoms with Crippen LogP contribution in [0.15, 0.2) is 170 Å². The first kappa shape index (κ1) is 25.7. The summed E-state index contributed by atoms with van der Waals surface area (Å²) >= 11 is 0. The van der Waals surface area contributed by atoms with E-state index in [1.807, 2.05) is 0 Å². The molecule has 9 rings (SSSR count). The summed E-state index contributed by atoms with van der Waals surface area (Å²) in [4.78, 5) is 2.50. The highest BCUT2D eigenvalue weighted by Gasteiger charge is 2.42. The third-order valence-corrected chi connectivity index (χ3v) is 9.12. The average Bonchev–Trinajstić information content (AvgIpc) is 3.12. The standard InChI is InChI=1S/C42H28BNO/c1-4-15-29(16-5-1)32-27-38-41-40(28-32)45-39-26-13-11-24-36(39)43(41)35-23-10-12-25-37(35)44(38)42-33(30-17-6-2-7-18-30)21-14-22-34(42)31-19-8-3-9-20-31/h1-28H. The molecule has 0 atom stereocenters. The van der Waals surface area contributed by atoms with E-state index in [0.29, 0.717) is 0 Å². The zero-order valence-electron chi connectivity index (χ0n) is 24.6. The molecule has 3 heteroatoms. The Kier molecular flexibility index (Phi) is 5.95. The Morgan fingerprint density at radius 3 is 1.62 bits per heavy atom. The number of para-hydroxylation sites is 3. The molecule has 0 saturated carbocycles. The van der Waals surface area contributed by atoms with Crippen LogP contribution in [0.5, 0.6) is 11.5 Å². The van der Waals surface area contributed by atoms with E-state index in [-0.39, 0.29) is 6.71 Å². The van der Waals surface area contributed by atoms with Gasteiger partial charge in [0.15, 0.2) is 0 Å². The van der Waals surface area contributed by atoms with Gasteiger partial charge in [0, 0.05) is 22.5 Å². The fourth-order valence-corrected chi connectivity index (χ4v) is 7.17. The van der Waals surface area contributed by atoms with Gasteiger partial charge in [0.1, 0.15) is 11.5 Å². The van der Waals surface area contributed by atoms with Crippen LogP contribution in [-0.2, 0) is 0 Å². The smallest absolute Gasteiger partial charge is 0.256 e. The van der Waals surface area contributed by atoms with E-state index in [2.05, 4.69) is 175 Å². The van der Waals surface area contributed by atoms with Crippen molar-refractivity contribution in [1.82, 2.24) is 0 Å². The zero-order chi connectivity index (χ0) is 29.7. The van der Waals surface area contributed by atoms with Crippen molar-refractivity contribution in [2.45, 2.75) is 0 Å². The normalized spacial score (nSPS) is 12.5. The quantitative estimate of drug-likeness (QED) is 0.195. The predicted octanol–water partition coefficient (Wildman–Crippen LogP) is 9.09. The van der Waals surface area contributed by atoms with Crippen molar-refractivity contribution < 1.29 is 4.74 Å². The average molecular weight is 574 g/mol. The molecule has 0 saturated heterocycles. The molecule has 0 bridgehead atoms. The van der Waals surface area contributed by atoms with E-state index < -0.39 is 0 Å². The monoisotopic (exact) mass is 573 g/mol. The predicted molar refractivity (Wildman–Crippen MR) is 189 cm³/mol. The summed E-state index contributed by atoms with van der Waals surface area (Å²) in [5.74, 6) is 1.83. The molecule has 0 spiro atoms. The Labute approximate surface area is 263 Å². The van der Waals surface area contributed by atoms with Crippen LogP contribution in [-0.4, -0.2) is 6.71 Å². The van der Waals surface area contributed by atoms with E-state index in [1.165, 1.54) is 44.3 Å². The maximum absolute atomic E-state index is 6.79. The van der Waals surface area contributed by atoms with Crippen LogP contribution in [0.25, 0.3) is 33.4 Å². The molecule has 2 heterocycles. The van der Waals surface area contributed by atoms with Gasteiger partial charge in [0.2, 0.25) is 0 Å². The lowest BCUT2D eigenvalue weighted by Crippen LogP contribution is -2.59. The van der Waals surface area contributed by atoms with Crippen molar-refractivity contribution in [3.63, 3.8) is 0 Å². The summed E-state index contributed by atoms with van der Waals surface area (Å²) in [5, 5.41) is 0. The molecular weight excluding hydrogens is 545 g/mol. The van der Waals surface area contributed by atoms with Crippen molar-refractivity contribution in [1.29, 1.82) is 0 Å². The molecule has 0 fully saturated rings. The molecule has 45 heavy (non-hydrogen) atoms. The topological polar surface area (TPSA) is 12.5 Å². The van der Waals surface area contributed by atoms with Gasteiger partial charge in [-0.05, 0) is 62.9 Å². The van der Waals surface area contributed by atoms with Gasteiger partial charge < -0.3 is 9.64 Å². The minimum atomic E-state index is 0.0567. The van der Waals surface area contributed by atoms with Crippen LogP contribution in [0.1, 0.15) is 0 Å². The molecule has 0 amide bonds. The minimum Gasteiger partial charge on any atom is -0.458 e. The van der Waals surface area contributed by atoms with Gasteiger partial charge >= 0.3 is 0 Å². The summed E-state index contributed by atoms with van der Waals surface area (Å²) < 4.78 is 6.79. The highest BCUT2D eigenvalue weighted by Crippen LogP contribution is 2.49. The second-order valence-corrected chi connectivity index (χ2v) is 11.7. The molecular formula is C42H28BNO. The lowest BCUT2D eigenvalue weighted by molar-refractivity contribution is 0.488. The summed E-state index contributed by atoms with van der Waals surface area (Å²) in [6.07, 6.45) is 0. The first-order valence-corrected chi connectivity index (χ1v) is 15.5. The van der Waals surface area contributed by atoms with E-state index >= 15 is 0 Å². The largest absolute Gasteiger partial charge is 0.458 e. The Hall–Kier alpha value is -5.80. The minimum absolute atomic E-state index is 0.0567. The van der Waals surface area contributed by atoms with Gasteiger partial charge in [0.25, 0.3) is 6.71 Å². The first-order chi connectivity index (χ1) is 22.3. The first-order valence-electron chi connectivity index (χ1n) is 15.5. The summed E-state index contributed by atoms with van der Waals surface area (Å²) in [5.41, 5.74) is 14.2. The highest BCUT2D eigenvalue weighted by molar-refractivity contribution is 6.99. The van der Waals surface area contributed by atoms with Gasteiger partial charge in [-0.2, -0.15) is 0 Å². The maximum atomic E-state index is 6.79. The fourth-order valence-electron chi connectivity index (χ4n) is 7.17. The van der Waals surface area contributed by atoms with Crippen LogP contribution in [0.4, 0.5) is 17.1 Å². The number of rotatable bonds is 4. The van der Waals surface area contributed by atoms with Crippen molar-refractivity contribution in [2.24, 2.45) is 0 Å². The van der Waals surface area contributed by atoms with Gasteiger partial charge in [-0.1, -0.05) is 146 Å². The number of nitrogens with zero attached hydrogens (tertiary/aromatic N) is 1. The van der Waals surface area contributed by atoms with Gasteiger partial charge in [-0.25, -0.2) is 0 Å². The molecule has 2 aliphatic heterocycles. The van der Waals surface area contributed by atoms with Crippen LogP contribution in [0.3, 0.4) is 0 Å². The third kappa shape index (κ3) is 4.12. The molecule has 0 radical (unpaired) electrons. The summed E-state index contributed by atoms with van der Waals surface area (Å²) in [6, 6.07) is 60.8. The number of ether oxygens (including phenoxy) is 1. The highest BCUT2D eigenvalue weighted by atomic mass is 16.5. The number of fused-ring (bicyclic) bond motifs is 4. The van der Waals surface area contributed by atoms with Gasteiger partial charge in [-0.3, -0.25) is 0 Å². The molecule has 0 aromatic heterocycles. The SMILES string of the molecule is c1ccc(-c2cc3c4c(c2)N(c2c(-c5ccccc5)cccc2-c2ccccc2)c2ccccc2B4c2ccccc2O3)cc1. The molecule has 7 aromatic rings. The Bertz CT molecular complexity index is 2140. The van der Waals surface area contributed by atoms with Crippen molar-refractivity contribution in [3.8, 4) is 44.9 Å². The lowest BCUT2D eigenvalue weighted by atomic mass is 9.34. The molecule has 0 aliphatic carbocycles. The van der Waals surface area contributed by atoms with E-state index in [0.717, 1.165) is 34.0 Å². The van der Waals surface area contributed by atoms with Crippen LogP contribution in [0.2, 0.25) is 0 Å². The number of anilines is 3. The number of hydrogen-bond donors (Lipinski definition) is 0. The zero-order valence-corrected chi connectivity index (χ0v) is 24.6. The van der Waals surface area contributed by atoms with Gasteiger partial charge in [0.05, 0.1) is 5.69 Å². The second kappa shape index (κ2) is 10.4. The fraction of sp³-hybridized carbons (Fsp3) is 0. The van der Waals surface area contributed by atoms with E-state index in [4.69, 9.17) is 4.74 Å². The molecule has 2 aliphatic rings. The van der Waals surface area contributed by atoms with Crippen LogP contribution >= 0.6 is 0 Å². The Morgan fingerprint density at radius 2 is 0.956 bits per heavy atom. The molecule has 0 N–H and O–H groups in total. The van der Waals surface area contributed by atoms with Crippen molar-refractivity contribution in [3.05, 3.63) is 170 Å². The van der Waals surface area contributed by atoms with Crippen LogP contribution in [0, 0.1) is 0 Å². The third-order valence-electron chi connectivity index (χ3n) is 9.12. The Balaban J connectivity index is 1.41. The van der Waals surface area contributed by atoms with E-state index in [1.54, 1.807) is 0 Å². The molecule has 210 valence electrons.